The van der Waals surface area contributed by atoms with Crippen molar-refractivity contribution in [2.24, 2.45) is 5.73 Å². The van der Waals surface area contributed by atoms with E-state index in [9.17, 15) is 9.59 Å². The maximum absolute atomic E-state index is 13.5. The number of benzene rings is 4. The second kappa shape index (κ2) is 11.6. The van der Waals surface area contributed by atoms with Gasteiger partial charge in [0.1, 0.15) is 0 Å². The number of hydrogen-bond acceptors (Lipinski definition) is 4. The number of anilines is 1. The van der Waals surface area contributed by atoms with Gasteiger partial charge in [0.15, 0.2) is 0 Å². The van der Waals surface area contributed by atoms with Crippen molar-refractivity contribution in [3.63, 3.8) is 0 Å². The lowest BCUT2D eigenvalue weighted by molar-refractivity contribution is 0.0730. The van der Waals surface area contributed by atoms with E-state index in [1.807, 2.05) is 72.8 Å². The van der Waals surface area contributed by atoms with Crippen LogP contribution in [-0.4, -0.2) is 16.7 Å². The summed E-state index contributed by atoms with van der Waals surface area (Å²) in [5.74, 6) is -0.398. The summed E-state index contributed by atoms with van der Waals surface area (Å²) in [5, 5.41) is 11.9. The Bertz CT molecular complexity index is 1390. The highest BCUT2D eigenvalue weighted by molar-refractivity contribution is 6.04. The van der Waals surface area contributed by atoms with Gasteiger partial charge >= 0.3 is 0 Å². The van der Waals surface area contributed by atoms with Gasteiger partial charge in [0.05, 0.1) is 11.6 Å². The summed E-state index contributed by atoms with van der Waals surface area (Å²) in [6, 6.07) is 33.0. The first-order valence-electron chi connectivity index (χ1n) is 11.6. The topological polar surface area (TPSA) is 99.2 Å². The molecule has 0 saturated carbocycles. The lowest BCUT2D eigenvalue weighted by Crippen LogP contribution is -2.30. The lowest BCUT2D eigenvalue weighted by Gasteiger charge is -2.25. The molecule has 0 aliphatic rings. The average Bonchev–Trinajstić information content (AvgIpc) is 2.94. The van der Waals surface area contributed by atoms with Crippen molar-refractivity contribution in [3.05, 3.63) is 137 Å². The molecule has 0 aliphatic carbocycles. The number of hydrogen-bond donors (Lipinski definition) is 2. The number of nitriles is 1. The molecular formula is C30H26N4O2. The third kappa shape index (κ3) is 6.03. The highest BCUT2D eigenvalue weighted by Gasteiger charge is 2.19. The zero-order chi connectivity index (χ0) is 25.3. The van der Waals surface area contributed by atoms with Gasteiger partial charge < -0.3 is 16.0 Å². The predicted octanol–water partition coefficient (Wildman–Crippen LogP) is 5.11. The van der Waals surface area contributed by atoms with Crippen molar-refractivity contribution in [2.75, 3.05) is 5.32 Å². The highest BCUT2D eigenvalue weighted by Crippen LogP contribution is 2.22. The van der Waals surface area contributed by atoms with Crippen LogP contribution < -0.4 is 11.1 Å². The van der Waals surface area contributed by atoms with Crippen LogP contribution in [0.15, 0.2) is 103 Å². The zero-order valence-corrected chi connectivity index (χ0v) is 19.7. The number of para-hydroxylation sites is 1. The van der Waals surface area contributed by atoms with Crippen LogP contribution >= 0.6 is 0 Å². The first-order valence-corrected chi connectivity index (χ1v) is 11.6. The number of nitrogens with one attached hydrogen (secondary N) is 1. The van der Waals surface area contributed by atoms with Crippen LogP contribution in [0.5, 0.6) is 0 Å². The van der Waals surface area contributed by atoms with Crippen LogP contribution in [0, 0.1) is 11.3 Å². The molecule has 0 unspecified atom stereocenters. The van der Waals surface area contributed by atoms with Crippen molar-refractivity contribution in [1.82, 2.24) is 4.90 Å². The molecule has 0 atom stereocenters. The van der Waals surface area contributed by atoms with Gasteiger partial charge in [0.2, 0.25) is 0 Å². The fourth-order valence-electron chi connectivity index (χ4n) is 3.91. The molecule has 178 valence electrons. The molecule has 0 bridgehead atoms. The molecule has 0 heterocycles. The monoisotopic (exact) mass is 474 g/mol. The molecule has 0 radical (unpaired) electrons. The van der Waals surface area contributed by atoms with Crippen molar-refractivity contribution >= 4 is 17.5 Å². The smallest absolute Gasteiger partial charge is 0.255 e. The molecule has 0 spiro atoms. The average molecular weight is 475 g/mol. The molecular weight excluding hydrogens is 448 g/mol. The Hall–Kier alpha value is -4.73. The summed E-state index contributed by atoms with van der Waals surface area (Å²) >= 11 is 0. The first-order chi connectivity index (χ1) is 17.6. The van der Waals surface area contributed by atoms with Crippen LogP contribution in [0.25, 0.3) is 0 Å². The highest BCUT2D eigenvalue weighted by atomic mass is 16.2. The lowest BCUT2D eigenvalue weighted by atomic mass is 10.1. The molecule has 36 heavy (non-hydrogen) atoms. The van der Waals surface area contributed by atoms with E-state index in [-0.39, 0.29) is 11.8 Å². The molecule has 4 rings (SSSR count). The minimum atomic E-state index is -0.288. The number of nitrogens with two attached hydrogens (primary N) is 1. The Morgan fingerprint density at radius 1 is 0.778 bits per heavy atom. The van der Waals surface area contributed by atoms with Crippen LogP contribution in [-0.2, 0) is 19.6 Å². The van der Waals surface area contributed by atoms with E-state index in [1.165, 1.54) is 0 Å². The maximum Gasteiger partial charge on any atom is 0.255 e. The van der Waals surface area contributed by atoms with Crippen LogP contribution in [0.3, 0.4) is 0 Å². The normalized spacial score (nSPS) is 10.3. The van der Waals surface area contributed by atoms with Crippen molar-refractivity contribution < 1.29 is 9.59 Å². The quantitative estimate of drug-likeness (QED) is 0.371. The molecule has 0 aliphatic heterocycles. The van der Waals surface area contributed by atoms with E-state index in [1.54, 1.807) is 41.3 Å². The molecule has 0 aromatic heterocycles. The van der Waals surface area contributed by atoms with E-state index in [0.717, 1.165) is 16.7 Å². The van der Waals surface area contributed by atoms with E-state index < -0.39 is 0 Å². The first kappa shape index (κ1) is 24.4. The largest absolute Gasteiger partial charge is 0.330 e. The maximum atomic E-state index is 13.5. The minimum Gasteiger partial charge on any atom is -0.330 e. The number of carbonyl (C=O) groups excluding carboxylic acids is 2. The Morgan fingerprint density at radius 3 is 2.19 bits per heavy atom. The molecule has 6 heteroatoms. The van der Waals surface area contributed by atoms with E-state index in [4.69, 9.17) is 11.0 Å². The zero-order valence-electron chi connectivity index (χ0n) is 19.7. The van der Waals surface area contributed by atoms with Crippen LogP contribution in [0.1, 0.15) is 43.0 Å². The van der Waals surface area contributed by atoms with Crippen LogP contribution in [0.2, 0.25) is 0 Å². The summed E-state index contributed by atoms with van der Waals surface area (Å²) in [7, 11) is 0. The van der Waals surface area contributed by atoms with Crippen molar-refractivity contribution in [1.29, 1.82) is 5.26 Å². The Kier molecular flexibility index (Phi) is 7.87. The standard InChI is InChI=1S/C30H26N4O2/c31-18-22-13-15-25(16-14-22)29(35)33-28-12-5-4-11-27(28)21-34(30(36)26-9-2-1-3-10-26)20-24-8-6-7-23(17-24)19-32/h1-17H,19-21,32H2,(H,33,35). The summed E-state index contributed by atoms with van der Waals surface area (Å²) in [6.07, 6.45) is 0. The fourth-order valence-corrected chi connectivity index (χ4v) is 3.91. The van der Waals surface area contributed by atoms with Gasteiger partial charge in [-0.1, -0.05) is 60.7 Å². The summed E-state index contributed by atoms with van der Waals surface area (Å²) in [6.45, 7) is 1.11. The summed E-state index contributed by atoms with van der Waals surface area (Å²) in [4.78, 5) is 28.2. The van der Waals surface area contributed by atoms with Gasteiger partial charge in [-0.25, -0.2) is 0 Å². The van der Waals surface area contributed by atoms with Gasteiger partial charge in [-0.3, -0.25) is 9.59 Å². The van der Waals surface area contributed by atoms with Crippen molar-refractivity contribution in [2.45, 2.75) is 19.6 Å². The predicted molar refractivity (Wildman–Crippen MR) is 140 cm³/mol. The molecule has 2 amide bonds. The fraction of sp³-hybridized carbons (Fsp3) is 0.100. The third-order valence-corrected chi connectivity index (χ3v) is 5.81. The van der Waals surface area contributed by atoms with Gasteiger partial charge in [-0.15, -0.1) is 0 Å². The van der Waals surface area contributed by atoms with Crippen LogP contribution in [0.4, 0.5) is 5.69 Å². The van der Waals surface area contributed by atoms with E-state index in [2.05, 4.69) is 5.32 Å². The van der Waals surface area contributed by atoms with Gasteiger partial charge in [0, 0.05) is 36.4 Å². The molecule has 4 aromatic rings. The second-order valence-electron chi connectivity index (χ2n) is 8.35. The molecule has 0 saturated heterocycles. The van der Waals surface area contributed by atoms with Gasteiger partial charge in [-0.2, -0.15) is 5.26 Å². The number of rotatable bonds is 8. The van der Waals surface area contributed by atoms with E-state index in [0.29, 0.717) is 42.0 Å². The van der Waals surface area contributed by atoms with Gasteiger partial charge in [0.25, 0.3) is 11.8 Å². The second-order valence-corrected chi connectivity index (χ2v) is 8.35. The van der Waals surface area contributed by atoms with Crippen molar-refractivity contribution in [3.8, 4) is 6.07 Å². The summed E-state index contributed by atoms with van der Waals surface area (Å²) in [5.41, 5.74) is 10.7. The van der Waals surface area contributed by atoms with Gasteiger partial charge in [-0.05, 0) is 59.2 Å². The molecule has 6 nitrogen and oxygen atoms in total. The Labute approximate surface area is 210 Å². The number of carbonyl (C=O) groups is 2. The number of amides is 2. The number of nitrogens with zero attached hydrogens (tertiary/aromatic N) is 2. The summed E-state index contributed by atoms with van der Waals surface area (Å²) < 4.78 is 0. The molecule has 3 N–H and O–H groups in total. The Balaban J connectivity index is 1.61. The Morgan fingerprint density at radius 2 is 1.47 bits per heavy atom. The SMILES string of the molecule is N#Cc1ccc(C(=O)Nc2ccccc2CN(Cc2cccc(CN)c2)C(=O)c2ccccc2)cc1. The molecule has 4 aromatic carbocycles. The van der Waals surface area contributed by atoms with E-state index >= 15 is 0 Å². The third-order valence-electron chi connectivity index (χ3n) is 5.81. The minimum absolute atomic E-state index is 0.109. The molecule has 0 fully saturated rings.